The van der Waals surface area contributed by atoms with E-state index >= 15 is 0 Å². The molecule has 0 aliphatic carbocycles. The number of Topliss-reactive ketones (excluding diaryl/α,β-unsaturated/α-hetero) is 1. The van der Waals surface area contributed by atoms with Gasteiger partial charge in [0.15, 0.2) is 5.78 Å². The monoisotopic (exact) mass is 318 g/mol. The van der Waals surface area contributed by atoms with Crippen molar-refractivity contribution < 1.29 is 19.4 Å². The number of aromatic hydroxyl groups is 1. The first-order valence-electron chi connectivity index (χ1n) is 8.12. The number of ether oxygens (including phenoxy) is 1. The lowest BCUT2D eigenvalue weighted by molar-refractivity contribution is -0.116. The second-order valence-electron chi connectivity index (χ2n) is 5.97. The highest BCUT2D eigenvalue weighted by Gasteiger charge is 2.30. The van der Waals surface area contributed by atoms with Gasteiger partial charge in [-0.1, -0.05) is 6.92 Å². The van der Waals surface area contributed by atoms with Crippen molar-refractivity contribution in [2.45, 2.75) is 32.2 Å². The van der Waals surface area contributed by atoms with E-state index in [1.807, 2.05) is 6.92 Å². The molecule has 1 amide bonds. The molecule has 2 aliphatic heterocycles. The van der Waals surface area contributed by atoms with Gasteiger partial charge in [-0.15, -0.1) is 0 Å². The van der Waals surface area contributed by atoms with Gasteiger partial charge in [0.25, 0.3) is 0 Å². The van der Waals surface area contributed by atoms with Gasteiger partial charge in [-0.3, -0.25) is 14.5 Å². The van der Waals surface area contributed by atoms with Crippen LogP contribution in [0.1, 0.15) is 35.7 Å². The van der Waals surface area contributed by atoms with Crippen LogP contribution in [0, 0.1) is 0 Å². The van der Waals surface area contributed by atoms with E-state index in [4.69, 9.17) is 4.74 Å². The van der Waals surface area contributed by atoms with Gasteiger partial charge in [0.1, 0.15) is 5.75 Å². The Kier molecular flexibility index (Phi) is 4.63. The minimum atomic E-state index is -0.190. The maximum Gasteiger partial charge on any atom is 0.224 e. The molecule has 0 bridgehead atoms. The number of nitrogens with one attached hydrogen (secondary N) is 1. The molecule has 1 aromatic carbocycles. The summed E-state index contributed by atoms with van der Waals surface area (Å²) in [5.74, 6) is -0.0524. The van der Waals surface area contributed by atoms with Crippen LogP contribution in [0.15, 0.2) is 12.1 Å². The molecule has 0 radical (unpaired) electrons. The summed E-state index contributed by atoms with van der Waals surface area (Å²) in [5.41, 5.74) is 1.75. The highest BCUT2D eigenvalue weighted by Crippen LogP contribution is 2.35. The normalized spacial score (nSPS) is 19.8. The zero-order chi connectivity index (χ0) is 16.4. The maximum absolute atomic E-state index is 13.1. The molecule has 0 aromatic heterocycles. The Hall–Kier alpha value is -1.92. The topological polar surface area (TPSA) is 78.9 Å². The molecule has 3 rings (SSSR count). The number of hydrogen-bond acceptors (Lipinski definition) is 5. The number of benzene rings is 1. The number of phenolic OH excluding ortho intramolecular Hbond substituents is 1. The molecule has 2 heterocycles. The van der Waals surface area contributed by atoms with Crippen LogP contribution in [0.3, 0.4) is 0 Å². The number of morpholine rings is 1. The fourth-order valence-corrected chi connectivity index (χ4v) is 3.38. The number of amides is 1. The molecule has 2 aliphatic rings. The average Bonchev–Trinajstić information content (AvgIpc) is 2.57. The Balaban J connectivity index is 1.92. The van der Waals surface area contributed by atoms with E-state index < -0.39 is 0 Å². The van der Waals surface area contributed by atoms with Crippen LogP contribution < -0.4 is 5.32 Å². The number of anilines is 1. The van der Waals surface area contributed by atoms with Crippen LogP contribution in [-0.2, 0) is 16.0 Å². The van der Waals surface area contributed by atoms with Gasteiger partial charge in [-0.25, -0.2) is 0 Å². The second-order valence-corrected chi connectivity index (χ2v) is 5.97. The van der Waals surface area contributed by atoms with Crippen LogP contribution in [-0.4, -0.2) is 54.0 Å². The number of rotatable bonds is 4. The third-order valence-corrected chi connectivity index (χ3v) is 4.60. The molecule has 1 aromatic rings. The first-order valence-corrected chi connectivity index (χ1v) is 8.12. The molecule has 1 unspecified atom stereocenters. The van der Waals surface area contributed by atoms with Crippen molar-refractivity contribution in [3.63, 3.8) is 0 Å². The molecule has 1 saturated heterocycles. The summed E-state index contributed by atoms with van der Waals surface area (Å²) in [6, 6.07) is 2.98. The molecule has 0 saturated carbocycles. The Labute approximate surface area is 135 Å². The second kappa shape index (κ2) is 6.68. The Morgan fingerprint density at radius 1 is 1.35 bits per heavy atom. The summed E-state index contributed by atoms with van der Waals surface area (Å²) in [7, 11) is 0. The van der Waals surface area contributed by atoms with Gasteiger partial charge in [0.05, 0.1) is 24.9 Å². The molecule has 6 heteroatoms. The number of nitrogens with zero attached hydrogens (tertiary/aromatic N) is 1. The SMILES string of the molecule is CCC(C(=O)c1ccc(O)c2c1CCC(=O)N2)N1CCOCC1. The van der Waals surface area contributed by atoms with Crippen molar-refractivity contribution in [2.24, 2.45) is 0 Å². The van der Waals surface area contributed by atoms with Crippen LogP contribution in [0.2, 0.25) is 0 Å². The van der Waals surface area contributed by atoms with Crippen molar-refractivity contribution in [3.8, 4) is 5.75 Å². The lowest BCUT2D eigenvalue weighted by atomic mass is 9.90. The van der Waals surface area contributed by atoms with Gasteiger partial charge < -0.3 is 15.2 Å². The summed E-state index contributed by atoms with van der Waals surface area (Å²) in [6.07, 6.45) is 1.54. The van der Waals surface area contributed by atoms with E-state index in [1.165, 1.54) is 6.07 Å². The summed E-state index contributed by atoms with van der Waals surface area (Å²) < 4.78 is 5.36. The summed E-state index contributed by atoms with van der Waals surface area (Å²) >= 11 is 0. The fourth-order valence-electron chi connectivity index (χ4n) is 3.38. The van der Waals surface area contributed by atoms with Crippen molar-refractivity contribution in [2.75, 3.05) is 31.6 Å². The van der Waals surface area contributed by atoms with Crippen molar-refractivity contribution in [1.29, 1.82) is 0 Å². The maximum atomic E-state index is 13.1. The third-order valence-electron chi connectivity index (χ3n) is 4.60. The Morgan fingerprint density at radius 2 is 2.09 bits per heavy atom. The van der Waals surface area contributed by atoms with Crippen molar-refractivity contribution in [3.05, 3.63) is 23.3 Å². The zero-order valence-corrected chi connectivity index (χ0v) is 13.3. The van der Waals surface area contributed by atoms with Crippen LogP contribution in [0.4, 0.5) is 5.69 Å². The molecule has 1 atom stereocenters. The van der Waals surface area contributed by atoms with Gasteiger partial charge in [0.2, 0.25) is 5.91 Å². The lowest BCUT2D eigenvalue weighted by Gasteiger charge is -2.33. The molecular formula is C17H22N2O4. The summed E-state index contributed by atoms with van der Waals surface area (Å²) in [5, 5.41) is 12.7. The van der Waals surface area contributed by atoms with Gasteiger partial charge in [0, 0.05) is 25.1 Å². The molecule has 0 spiro atoms. The molecule has 124 valence electrons. The van der Waals surface area contributed by atoms with Gasteiger partial charge in [-0.2, -0.15) is 0 Å². The van der Waals surface area contributed by atoms with Crippen LogP contribution >= 0.6 is 0 Å². The number of carbonyl (C=O) groups excluding carboxylic acids is 2. The van der Waals surface area contributed by atoms with Crippen molar-refractivity contribution in [1.82, 2.24) is 4.90 Å². The molecule has 1 fully saturated rings. The minimum absolute atomic E-state index is 0.0176. The number of hydrogen-bond donors (Lipinski definition) is 2. The Morgan fingerprint density at radius 3 is 2.78 bits per heavy atom. The highest BCUT2D eigenvalue weighted by atomic mass is 16.5. The zero-order valence-electron chi connectivity index (χ0n) is 13.3. The van der Waals surface area contributed by atoms with Crippen molar-refractivity contribution >= 4 is 17.4 Å². The number of ketones is 1. The molecule has 2 N–H and O–H groups in total. The highest BCUT2D eigenvalue weighted by molar-refractivity contribution is 6.05. The predicted octanol–water partition coefficient (Wildman–Crippen LogP) is 1.57. The summed E-state index contributed by atoms with van der Waals surface area (Å²) in [4.78, 5) is 26.8. The van der Waals surface area contributed by atoms with E-state index in [-0.39, 0.29) is 23.5 Å². The van der Waals surface area contributed by atoms with E-state index in [2.05, 4.69) is 10.2 Å². The summed E-state index contributed by atoms with van der Waals surface area (Å²) in [6.45, 7) is 4.80. The molecule has 6 nitrogen and oxygen atoms in total. The van der Waals surface area contributed by atoms with E-state index in [0.29, 0.717) is 37.3 Å². The first kappa shape index (κ1) is 16.0. The smallest absolute Gasteiger partial charge is 0.224 e. The quantitative estimate of drug-likeness (QED) is 0.651. The van der Waals surface area contributed by atoms with Gasteiger partial charge in [-0.05, 0) is 30.5 Å². The Bertz CT molecular complexity index is 623. The number of phenols is 1. The largest absolute Gasteiger partial charge is 0.506 e. The third kappa shape index (κ3) is 3.09. The number of carbonyl (C=O) groups is 2. The van der Waals surface area contributed by atoms with Crippen LogP contribution in [0.25, 0.3) is 0 Å². The minimum Gasteiger partial charge on any atom is -0.506 e. The fraction of sp³-hybridized carbons (Fsp3) is 0.529. The molecular weight excluding hydrogens is 296 g/mol. The molecule has 23 heavy (non-hydrogen) atoms. The number of fused-ring (bicyclic) bond motifs is 1. The van der Waals surface area contributed by atoms with E-state index in [0.717, 1.165) is 25.1 Å². The average molecular weight is 318 g/mol. The van der Waals surface area contributed by atoms with E-state index in [9.17, 15) is 14.7 Å². The standard InChI is InChI=1S/C17H22N2O4/c1-2-13(19-7-9-23-10-8-19)17(22)12-3-5-14(20)16-11(12)4-6-15(21)18-16/h3,5,13,20H,2,4,6-10H2,1H3,(H,18,21). The lowest BCUT2D eigenvalue weighted by Crippen LogP contribution is -2.47. The first-order chi connectivity index (χ1) is 11.1. The van der Waals surface area contributed by atoms with Gasteiger partial charge >= 0.3 is 0 Å². The predicted molar refractivity (Wildman–Crippen MR) is 85.9 cm³/mol. The van der Waals surface area contributed by atoms with Crippen LogP contribution in [0.5, 0.6) is 5.75 Å². The van der Waals surface area contributed by atoms with E-state index in [1.54, 1.807) is 6.07 Å².